The summed E-state index contributed by atoms with van der Waals surface area (Å²) in [5.41, 5.74) is 2.06. The van der Waals surface area contributed by atoms with Crippen molar-refractivity contribution in [1.82, 2.24) is 9.88 Å². The van der Waals surface area contributed by atoms with Crippen molar-refractivity contribution in [2.24, 2.45) is 0 Å². The van der Waals surface area contributed by atoms with Crippen LogP contribution in [-0.2, 0) is 6.54 Å². The second-order valence-corrected chi connectivity index (χ2v) is 4.14. The van der Waals surface area contributed by atoms with Gasteiger partial charge in [0.05, 0.1) is 17.9 Å². The van der Waals surface area contributed by atoms with E-state index in [0.717, 1.165) is 17.8 Å². The van der Waals surface area contributed by atoms with Crippen molar-refractivity contribution in [3.63, 3.8) is 0 Å². The van der Waals surface area contributed by atoms with Crippen LogP contribution in [0.1, 0.15) is 38.1 Å². The Hall–Kier alpha value is -0.960. The summed E-state index contributed by atoms with van der Waals surface area (Å²) in [4.78, 5) is 6.47. The molecule has 2 rings (SSSR count). The summed E-state index contributed by atoms with van der Waals surface area (Å²) in [7, 11) is 0. The highest BCUT2D eigenvalue weighted by Crippen LogP contribution is 2.33. The Balaban J connectivity index is 2.35. The lowest BCUT2D eigenvalue weighted by Gasteiger charge is -2.24. The van der Waals surface area contributed by atoms with Crippen LogP contribution in [0.2, 0.25) is 0 Å². The van der Waals surface area contributed by atoms with Crippen LogP contribution in [0.25, 0.3) is 0 Å². The fourth-order valence-electron chi connectivity index (χ4n) is 2.12. The average molecular weight is 194 g/mol. The van der Waals surface area contributed by atoms with Crippen LogP contribution >= 0.6 is 0 Å². The SMILES string of the molecule is CC(C)N1Cc2cc(F)cnc2C1C. The summed E-state index contributed by atoms with van der Waals surface area (Å²) >= 11 is 0. The minimum Gasteiger partial charge on any atom is -0.288 e. The molecule has 1 atom stereocenters. The molecule has 2 heterocycles. The molecular weight excluding hydrogens is 179 g/mol. The van der Waals surface area contributed by atoms with Gasteiger partial charge in [-0.2, -0.15) is 0 Å². The molecule has 76 valence electrons. The molecule has 0 spiro atoms. The molecule has 0 N–H and O–H groups in total. The van der Waals surface area contributed by atoms with Crippen LogP contribution in [0, 0.1) is 5.82 Å². The predicted molar refractivity (Wildman–Crippen MR) is 53.3 cm³/mol. The summed E-state index contributed by atoms with van der Waals surface area (Å²) < 4.78 is 12.9. The first-order valence-electron chi connectivity index (χ1n) is 4.99. The number of hydrogen-bond acceptors (Lipinski definition) is 2. The van der Waals surface area contributed by atoms with Crippen LogP contribution < -0.4 is 0 Å². The molecule has 1 unspecified atom stereocenters. The molecule has 1 aliphatic heterocycles. The van der Waals surface area contributed by atoms with Gasteiger partial charge in [0.15, 0.2) is 0 Å². The molecular formula is C11H15FN2. The molecule has 1 aliphatic rings. The third kappa shape index (κ3) is 1.42. The first kappa shape index (κ1) is 9.59. The monoisotopic (exact) mass is 194 g/mol. The zero-order valence-corrected chi connectivity index (χ0v) is 8.79. The third-order valence-corrected chi connectivity index (χ3v) is 2.88. The van der Waals surface area contributed by atoms with Crippen LogP contribution in [0.4, 0.5) is 4.39 Å². The molecule has 1 aromatic rings. The Morgan fingerprint density at radius 1 is 1.57 bits per heavy atom. The number of aromatic nitrogens is 1. The van der Waals surface area contributed by atoms with Crippen LogP contribution in [0.3, 0.4) is 0 Å². The number of fused-ring (bicyclic) bond motifs is 1. The topological polar surface area (TPSA) is 16.1 Å². The highest BCUT2D eigenvalue weighted by molar-refractivity contribution is 5.27. The van der Waals surface area contributed by atoms with E-state index < -0.39 is 0 Å². The highest BCUT2D eigenvalue weighted by Gasteiger charge is 2.29. The van der Waals surface area contributed by atoms with E-state index in [2.05, 4.69) is 30.7 Å². The zero-order valence-electron chi connectivity index (χ0n) is 8.79. The number of hydrogen-bond donors (Lipinski definition) is 0. The van der Waals surface area contributed by atoms with Crippen LogP contribution in [0.5, 0.6) is 0 Å². The standard InChI is InChI=1S/C11H15FN2/c1-7(2)14-6-9-4-10(12)5-13-11(9)8(14)3/h4-5,7-8H,6H2,1-3H3. The molecule has 0 radical (unpaired) electrons. The van der Waals surface area contributed by atoms with Crippen molar-refractivity contribution < 1.29 is 4.39 Å². The molecule has 0 saturated carbocycles. The maximum Gasteiger partial charge on any atom is 0.141 e. The lowest BCUT2D eigenvalue weighted by atomic mass is 10.2. The molecule has 0 aliphatic carbocycles. The fourth-order valence-corrected chi connectivity index (χ4v) is 2.12. The number of pyridine rings is 1. The first-order valence-corrected chi connectivity index (χ1v) is 4.99. The quantitative estimate of drug-likeness (QED) is 0.683. The Bertz CT molecular complexity index is 349. The van der Waals surface area contributed by atoms with Gasteiger partial charge in [0.25, 0.3) is 0 Å². The van der Waals surface area contributed by atoms with E-state index in [0.29, 0.717) is 12.1 Å². The minimum absolute atomic E-state index is 0.235. The van der Waals surface area contributed by atoms with Gasteiger partial charge >= 0.3 is 0 Å². The third-order valence-electron chi connectivity index (χ3n) is 2.88. The lowest BCUT2D eigenvalue weighted by molar-refractivity contribution is 0.178. The van der Waals surface area contributed by atoms with Gasteiger partial charge in [-0.05, 0) is 32.4 Å². The molecule has 0 aromatic carbocycles. The number of halogens is 1. The summed E-state index contributed by atoms with van der Waals surface area (Å²) in [5.74, 6) is -0.235. The summed E-state index contributed by atoms with van der Waals surface area (Å²) in [5, 5.41) is 0. The molecule has 3 heteroatoms. The maximum absolute atomic E-state index is 12.9. The van der Waals surface area contributed by atoms with Gasteiger partial charge < -0.3 is 0 Å². The zero-order chi connectivity index (χ0) is 10.3. The van der Waals surface area contributed by atoms with Crippen molar-refractivity contribution >= 4 is 0 Å². The van der Waals surface area contributed by atoms with Gasteiger partial charge in [0, 0.05) is 12.6 Å². The Morgan fingerprint density at radius 3 is 2.93 bits per heavy atom. The summed E-state index contributed by atoms with van der Waals surface area (Å²) in [6.45, 7) is 7.24. The van der Waals surface area contributed by atoms with Crippen LogP contribution in [0.15, 0.2) is 12.3 Å². The Labute approximate surface area is 83.8 Å². The smallest absolute Gasteiger partial charge is 0.141 e. The Kier molecular flexibility index (Phi) is 2.27. The second kappa shape index (κ2) is 3.31. The molecule has 1 aromatic heterocycles. The number of nitrogens with zero attached hydrogens (tertiary/aromatic N) is 2. The van der Waals surface area contributed by atoms with Gasteiger partial charge in [-0.25, -0.2) is 4.39 Å². The fraction of sp³-hybridized carbons (Fsp3) is 0.545. The van der Waals surface area contributed by atoms with Crippen molar-refractivity contribution in [3.05, 3.63) is 29.3 Å². The molecule has 0 amide bonds. The normalized spacial score (nSPS) is 21.6. The van der Waals surface area contributed by atoms with Gasteiger partial charge in [0.2, 0.25) is 0 Å². The van der Waals surface area contributed by atoms with E-state index in [1.807, 2.05) is 0 Å². The second-order valence-electron chi connectivity index (χ2n) is 4.14. The van der Waals surface area contributed by atoms with E-state index in [1.165, 1.54) is 6.20 Å². The van der Waals surface area contributed by atoms with Gasteiger partial charge in [-0.1, -0.05) is 0 Å². The molecule has 0 bridgehead atoms. The Morgan fingerprint density at radius 2 is 2.29 bits per heavy atom. The summed E-state index contributed by atoms with van der Waals surface area (Å²) in [6.07, 6.45) is 1.30. The van der Waals surface area contributed by atoms with E-state index in [1.54, 1.807) is 6.07 Å². The molecule has 0 fully saturated rings. The van der Waals surface area contributed by atoms with Crippen LogP contribution in [-0.4, -0.2) is 15.9 Å². The van der Waals surface area contributed by atoms with Crippen molar-refractivity contribution in [3.8, 4) is 0 Å². The highest BCUT2D eigenvalue weighted by atomic mass is 19.1. The molecule has 14 heavy (non-hydrogen) atoms. The van der Waals surface area contributed by atoms with E-state index in [-0.39, 0.29) is 5.82 Å². The van der Waals surface area contributed by atoms with Crippen molar-refractivity contribution in [1.29, 1.82) is 0 Å². The van der Waals surface area contributed by atoms with Gasteiger partial charge in [0.1, 0.15) is 5.82 Å². The molecule has 0 saturated heterocycles. The largest absolute Gasteiger partial charge is 0.288 e. The van der Waals surface area contributed by atoms with Gasteiger partial charge in [-0.3, -0.25) is 9.88 Å². The average Bonchev–Trinajstić information content (AvgIpc) is 2.43. The first-order chi connectivity index (χ1) is 6.59. The van der Waals surface area contributed by atoms with E-state index in [4.69, 9.17) is 0 Å². The number of rotatable bonds is 1. The minimum atomic E-state index is -0.235. The summed E-state index contributed by atoms with van der Waals surface area (Å²) in [6, 6.07) is 2.38. The van der Waals surface area contributed by atoms with Gasteiger partial charge in [-0.15, -0.1) is 0 Å². The predicted octanol–water partition coefficient (Wildman–Crippen LogP) is 2.51. The maximum atomic E-state index is 12.9. The van der Waals surface area contributed by atoms with E-state index in [9.17, 15) is 4.39 Å². The lowest BCUT2D eigenvalue weighted by Crippen LogP contribution is -2.27. The van der Waals surface area contributed by atoms with Crippen molar-refractivity contribution in [2.75, 3.05) is 0 Å². The van der Waals surface area contributed by atoms with E-state index >= 15 is 0 Å². The molecule has 2 nitrogen and oxygen atoms in total. The van der Waals surface area contributed by atoms with Crippen molar-refractivity contribution in [2.45, 2.75) is 39.4 Å².